The number of aromatic nitrogens is 2. The van der Waals surface area contributed by atoms with Crippen molar-refractivity contribution in [2.24, 2.45) is 0 Å². The number of aryl methyl sites for hydroxylation is 1. The number of alkyl halides is 3. The zero-order chi connectivity index (χ0) is 21.0. The van der Waals surface area contributed by atoms with Gasteiger partial charge < -0.3 is 19.2 Å². The zero-order valence-electron chi connectivity index (χ0n) is 15.9. The molecule has 0 aliphatic rings. The molecule has 1 aromatic carbocycles. The average molecular weight is 407 g/mol. The lowest BCUT2D eigenvalue weighted by Crippen LogP contribution is -2.23. The van der Waals surface area contributed by atoms with Crippen LogP contribution in [-0.2, 0) is 23.9 Å². The van der Waals surface area contributed by atoms with E-state index in [1.165, 1.54) is 16.7 Å². The zero-order valence-corrected chi connectivity index (χ0v) is 15.9. The summed E-state index contributed by atoms with van der Waals surface area (Å²) in [6.45, 7) is 0.133. The number of fused-ring (bicyclic) bond motifs is 1. The van der Waals surface area contributed by atoms with E-state index in [0.717, 1.165) is 17.8 Å². The molecular weight excluding hydrogens is 387 g/mol. The molecule has 0 aliphatic carbocycles. The molecule has 0 aliphatic heterocycles. The molecule has 0 spiro atoms. The van der Waals surface area contributed by atoms with E-state index >= 15 is 0 Å². The number of ether oxygens (including phenoxy) is 2. The minimum absolute atomic E-state index is 0.133. The van der Waals surface area contributed by atoms with E-state index in [2.05, 4.69) is 10.3 Å². The Labute approximate surface area is 165 Å². The maximum atomic E-state index is 12.8. The van der Waals surface area contributed by atoms with Gasteiger partial charge in [-0.25, -0.2) is 4.98 Å². The number of carbonyl (C=O) groups is 1. The number of nitrogens with one attached hydrogen (secondary N) is 1. The number of pyridine rings is 1. The number of hydrogen-bond donors (Lipinski definition) is 1. The fourth-order valence-corrected chi connectivity index (χ4v) is 2.87. The van der Waals surface area contributed by atoms with Gasteiger partial charge in [-0.2, -0.15) is 13.2 Å². The normalized spacial score (nSPS) is 11.5. The molecule has 0 unspecified atom stereocenters. The summed E-state index contributed by atoms with van der Waals surface area (Å²) in [6.07, 6.45) is -1.21. The van der Waals surface area contributed by atoms with Crippen molar-refractivity contribution < 1.29 is 27.4 Å². The van der Waals surface area contributed by atoms with Gasteiger partial charge in [-0.3, -0.25) is 4.79 Å². The van der Waals surface area contributed by atoms with Gasteiger partial charge >= 0.3 is 6.18 Å². The van der Waals surface area contributed by atoms with Crippen LogP contribution in [0.2, 0.25) is 0 Å². The van der Waals surface area contributed by atoms with Crippen molar-refractivity contribution in [3.63, 3.8) is 0 Å². The molecule has 9 heteroatoms. The van der Waals surface area contributed by atoms with Crippen molar-refractivity contribution >= 4 is 11.6 Å². The van der Waals surface area contributed by atoms with E-state index in [1.54, 1.807) is 20.3 Å². The molecule has 0 fully saturated rings. The number of nitrogens with zero attached hydrogens (tertiary/aromatic N) is 2. The molecule has 0 radical (unpaired) electrons. The van der Waals surface area contributed by atoms with Crippen LogP contribution in [0.5, 0.6) is 11.5 Å². The SMILES string of the molecule is COc1ccc(CCC(=O)NCc2cn3cc(C(F)(F)F)ccc3n2)cc1OC. The lowest BCUT2D eigenvalue weighted by atomic mass is 10.1. The summed E-state index contributed by atoms with van der Waals surface area (Å²) in [5, 5.41) is 2.73. The summed E-state index contributed by atoms with van der Waals surface area (Å²) in [5.41, 5.74) is 1.02. The van der Waals surface area contributed by atoms with Gasteiger partial charge in [0.2, 0.25) is 5.91 Å². The molecule has 0 atom stereocenters. The molecule has 1 N–H and O–H groups in total. The van der Waals surface area contributed by atoms with Crippen molar-refractivity contribution in [2.45, 2.75) is 25.6 Å². The first-order chi connectivity index (χ1) is 13.8. The number of imidazole rings is 1. The van der Waals surface area contributed by atoms with Gasteiger partial charge in [0.1, 0.15) is 5.65 Å². The van der Waals surface area contributed by atoms with Crippen LogP contribution in [-0.4, -0.2) is 29.5 Å². The Morgan fingerprint density at radius 1 is 1.10 bits per heavy atom. The number of rotatable bonds is 7. The Balaban J connectivity index is 1.56. The Hall–Kier alpha value is -3.23. The van der Waals surface area contributed by atoms with E-state index < -0.39 is 11.7 Å². The molecular formula is C20H20F3N3O3. The molecule has 29 heavy (non-hydrogen) atoms. The van der Waals surface area contributed by atoms with Crippen molar-refractivity contribution in [3.8, 4) is 11.5 Å². The van der Waals surface area contributed by atoms with Crippen LogP contribution in [0.3, 0.4) is 0 Å². The molecule has 3 aromatic rings. The molecule has 1 amide bonds. The molecule has 154 valence electrons. The molecule has 3 rings (SSSR count). The van der Waals surface area contributed by atoms with Gasteiger partial charge in [-0.15, -0.1) is 0 Å². The maximum Gasteiger partial charge on any atom is 0.417 e. The highest BCUT2D eigenvalue weighted by Crippen LogP contribution is 2.29. The fourth-order valence-electron chi connectivity index (χ4n) is 2.87. The third-order valence-corrected chi connectivity index (χ3v) is 4.38. The maximum absolute atomic E-state index is 12.8. The van der Waals surface area contributed by atoms with Crippen LogP contribution in [0.15, 0.2) is 42.7 Å². The Kier molecular flexibility index (Phi) is 5.95. The first kappa shape index (κ1) is 20.5. The third-order valence-electron chi connectivity index (χ3n) is 4.38. The number of halogens is 3. The van der Waals surface area contributed by atoms with Crippen molar-refractivity contribution in [2.75, 3.05) is 14.2 Å². The van der Waals surface area contributed by atoms with Gasteiger partial charge in [0.15, 0.2) is 11.5 Å². The van der Waals surface area contributed by atoms with Gasteiger partial charge in [0.05, 0.1) is 32.0 Å². The Morgan fingerprint density at radius 3 is 2.55 bits per heavy atom. The minimum Gasteiger partial charge on any atom is -0.493 e. The van der Waals surface area contributed by atoms with E-state index in [9.17, 15) is 18.0 Å². The highest BCUT2D eigenvalue weighted by atomic mass is 19.4. The summed E-state index contributed by atoms with van der Waals surface area (Å²) in [6, 6.07) is 7.72. The van der Waals surface area contributed by atoms with Crippen LogP contribution in [0.1, 0.15) is 23.2 Å². The van der Waals surface area contributed by atoms with E-state index in [4.69, 9.17) is 9.47 Å². The topological polar surface area (TPSA) is 64.9 Å². The van der Waals surface area contributed by atoms with Crippen molar-refractivity contribution in [1.29, 1.82) is 0 Å². The number of hydrogen-bond acceptors (Lipinski definition) is 4. The summed E-state index contributed by atoms with van der Waals surface area (Å²) in [5.74, 6) is 1.02. The summed E-state index contributed by atoms with van der Waals surface area (Å²) >= 11 is 0. The molecule has 2 heterocycles. The highest BCUT2D eigenvalue weighted by Gasteiger charge is 2.30. The molecule has 0 saturated heterocycles. The Morgan fingerprint density at radius 2 is 1.86 bits per heavy atom. The van der Waals surface area contributed by atoms with Crippen molar-refractivity contribution in [3.05, 3.63) is 59.5 Å². The van der Waals surface area contributed by atoms with E-state index in [0.29, 0.717) is 29.3 Å². The van der Waals surface area contributed by atoms with Crippen LogP contribution in [0.4, 0.5) is 13.2 Å². The van der Waals surface area contributed by atoms with Gasteiger partial charge in [-0.05, 0) is 36.2 Å². The lowest BCUT2D eigenvalue weighted by molar-refractivity contribution is -0.137. The number of benzene rings is 1. The monoisotopic (exact) mass is 407 g/mol. The molecule has 0 bridgehead atoms. The lowest BCUT2D eigenvalue weighted by Gasteiger charge is -2.09. The van der Waals surface area contributed by atoms with Gasteiger partial charge in [0, 0.05) is 18.8 Å². The first-order valence-corrected chi connectivity index (χ1v) is 8.82. The second kappa shape index (κ2) is 8.42. The van der Waals surface area contributed by atoms with Crippen molar-refractivity contribution in [1.82, 2.24) is 14.7 Å². The fraction of sp³-hybridized carbons (Fsp3) is 0.300. The quantitative estimate of drug-likeness (QED) is 0.650. The molecule has 0 saturated carbocycles. The smallest absolute Gasteiger partial charge is 0.417 e. The third kappa shape index (κ3) is 4.98. The highest BCUT2D eigenvalue weighted by molar-refractivity contribution is 5.76. The van der Waals surface area contributed by atoms with Gasteiger partial charge in [-0.1, -0.05) is 6.07 Å². The second-order valence-electron chi connectivity index (χ2n) is 6.38. The van der Waals surface area contributed by atoms with Crippen LogP contribution in [0, 0.1) is 0 Å². The number of carbonyl (C=O) groups excluding carboxylic acids is 1. The largest absolute Gasteiger partial charge is 0.493 e. The van der Waals surface area contributed by atoms with Crippen LogP contribution >= 0.6 is 0 Å². The minimum atomic E-state index is -4.42. The summed E-state index contributed by atoms with van der Waals surface area (Å²) in [4.78, 5) is 16.3. The van der Waals surface area contributed by atoms with Crippen LogP contribution in [0.25, 0.3) is 5.65 Å². The average Bonchev–Trinajstić information content (AvgIpc) is 3.12. The standard InChI is InChI=1S/C20H20F3N3O3/c1-28-16-6-3-13(9-17(16)29-2)4-8-19(27)24-10-15-12-26-11-14(20(21,22)23)5-7-18(26)25-15/h3,5-7,9,11-12H,4,8,10H2,1-2H3,(H,24,27). The predicted octanol–water partition coefficient (Wildman–Crippen LogP) is 3.62. The Bertz CT molecular complexity index is 1020. The summed E-state index contributed by atoms with van der Waals surface area (Å²) < 4.78 is 50.1. The van der Waals surface area contributed by atoms with E-state index in [1.807, 2.05) is 12.1 Å². The number of methoxy groups -OCH3 is 2. The predicted molar refractivity (Wildman–Crippen MR) is 99.9 cm³/mol. The van der Waals surface area contributed by atoms with Crippen LogP contribution < -0.4 is 14.8 Å². The molecule has 6 nitrogen and oxygen atoms in total. The first-order valence-electron chi connectivity index (χ1n) is 8.82. The van der Waals surface area contributed by atoms with Gasteiger partial charge in [0.25, 0.3) is 0 Å². The molecule has 2 aromatic heterocycles. The summed E-state index contributed by atoms with van der Waals surface area (Å²) in [7, 11) is 3.09. The van der Waals surface area contributed by atoms with E-state index in [-0.39, 0.29) is 18.9 Å². The second-order valence-corrected chi connectivity index (χ2v) is 6.38. The number of amides is 1.